The Labute approximate surface area is 149 Å². The van der Waals surface area contributed by atoms with Crippen LogP contribution in [-0.2, 0) is 10.0 Å². The number of hydrogen-bond donors (Lipinski definition) is 1. The van der Waals surface area contributed by atoms with Crippen LogP contribution in [0.2, 0.25) is 0 Å². The molecule has 0 aliphatic carbocycles. The lowest BCUT2D eigenvalue weighted by Crippen LogP contribution is -2.30. The molecule has 0 unspecified atom stereocenters. The van der Waals surface area contributed by atoms with E-state index in [4.69, 9.17) is 0 Å². The third kappa shape index (κ3) is 4.60. The van der Waals surface area contributed by atoms with Gasteiger partial charge in [0.1, 0.15) is 0 Å². The highest BCUT2D eigenvalue weighted by atomic mass is 32.2. The largest absolute Gasteiger partial charge is 0.339 e. The third-order valence-corrected chi connectivity index (χ3v) is 5.33. The molecule has 0 spiro atoms. The van der Waals surface area contributed by atoms with E-state index in [1.165, 1.54) is 12.1 Å². The van der Waals surface area contributed by atoms with Gasteiger partial charge in [0.2, 0.25) is 0 Å². The van der Waals surface area contributed by atoms with Crippen LogP contribution in [0.4, 0.5) is 5.69 Å². The Kier molecular flexibility index (Phi) is 5.85. The zero-order valence-electron chi connectivity index (χ0n) is 15.0. The molecule has 0 saturated heterocycles. The summed E-state index contributed by atoms with van der Waals surface area (Å²) in [5.74, 6) is -0.101. The molecule has 0 fully saturated rings. The summed E-state index contributed by atoms with van der Waals surface area (Å²) in [4.78, 5) is 14.1. The maximum Gasteiger partial charge on any atom is 0.261 e. The van der Waals surface area contributed by atoms with Crippen molar-refractivity contribution in [1.29, 1.82) is 0 Å². The zero-order valence-corrected chi connectivity index (χ0v) is 15.9. The molecular formula is C19H24N2O3S. The van der Waals surface area contributed by atoms with Crippen LogP contribution in [-0.4, -0.2) is 32.3 Å². The first kappa shape index (κ1) is 19.0. The molecule has 25 heavy (non-hydrogen) atoms. The smallest absolute Gasteiger partial charge is 0.261 e. The highest BCUT2D eigenvalue weighted by molar-refractivity contribution is 7.92. The first-order chi connectivity index (χ1) is 11.8. The average Bonchev–Trinajstić information content (AvgIpc) is 2.54. The van der Waals surface area contributed by atoms with Crippen molar-refractivity contribution in [3.63, 3.8) is 0 Å². The molecule has 0 atom stereocenters. The van der Waals surface area contributed by atoms with Gasteiger partial charge in [-0.1, -0.05) is 6.07 Å². The van der Waals surface area contributed by atoms with Gasteiger partial charge in [0.15, 0.2) is 0 Å². The van der Waals surface area contributed by atoms with Crippen molar-refractivity contribution < 1.29 is 13.2 Å². The quantitative estimate of drug-likeness (QED) is 0.856. The fraction of sp³-hybridized carbons (Fsp3) is 0.316. The van der Waals surface area contributed by atoms with Gasteiger partial charge in [-0.2, -0.15) is 0 Å². The van der Waals surface area contributed by atoms with Crippen LogP contribution < -0.4 is 4.72 Å². The number of benzene rings is 2. The van der Waals surface area contributed by atoms with Gasteiger partial charge in [-0.15, -0.1) is 0 Å². The number of sulfonamides is 1. The summed E-state index contributed by atoms with van der Waals surface area (Å²) in [6, 6.07) is 11.6. The molecule has 0 aromatic heterocycles. The van der Waals surface area contributed by atoms with E-state index in [9.17, 15) is 13.2 Å². The fourth-order valence-corrected chi connectivity index (χ4v) is 3.76. The van der Waals surface area contributed by atoms with Gasteiger partial charge in [-0.25, -0.2) is 8.42 Å². The van der Waals surface area contributed by atoms with Gasteiger partial charge in [-0.3, -0.25) is 9.52 Å². The second-order valence-corrected chi connectivity index (χ2v) is 7.67. The standard InChI is InChI=1S/C19H24N2O3S/c1-5-21(6-2)19(22)16-7-9-18(10-8-16)25(23,24)20-17-12-14(3)11-15(4)13-17/h7-13,20H,5-6H2,1-4H3. The van der Waals surface area contributed by atoms with Crippen molar-refractivity contribution in [2.75, 3.05) is 17.8 Å². The summed E-state index contributed by atoms with van der Waals surface area (Å²) in [7, 11) is -3.70. The molecule has 0 bridgehead atoms. The molecule has 0 radical (unpaired) electrons. The summed E-state index contributed by atoms with van der Waals surface area (Å²) >= 11 is 0. The van der Waals surface area contributed by atoms with Crippen LogP contribution in [0.5, 0.6) is 0 Å². The van der Waals surface area contributed by atoms with Crippen molar-refractivity contribution in [1.82, 2.24) is 4.90 Å². The molecule has 2 rings (SSSR count). The van der Waals surface area contributed by atoms with Crippen molar-refractivity contribution >= 4 is 21.6 Å². The number of nitrogens with zero attached hydrogens (tertiary/aromatic N) is 1. The van der Waals surface area contributed by atoms with E-state index >= 15 is 0 Å². The Bertz CT molecular complexity index is 834. The molecule has 0 aliphatic rings. The highest BCUT2D eigenvalue weighted by Gasteiger charge is 2.17. The lowest BCUT2D eigenvalue weighted by molar-refractivity contribution is 0.0773. The Morgan fingerprint density at radius 1 is 0.960 bits per heavy atom. The Morgan fingerprint density at radius 2 is 1.48 bits per heavy atom. The molecule has 0 saturated carbocycles. The number of rotatable bonds is 6. The third-order valence-electron chi connectivity index (χ3n) is 3.94. The molecule has 5 nitrogen and oxygen atoms in total. The van der Waals surface area contributed by atoms with Crippen LogP contribution in [0.15, 0.2) is 47.4 Å². The Morgan fingerprint density at radius 3 is 1.96 bits per heavy atom. The van der Waals surface area contributed by atoms with Crippen LogP contribution in [0.1, 0.15) is 35.3 Å². The topological polar surface area (TPSA) is 66.5 Å². The van der Waals surface area contributed by atoms with Crippen molar-refractivity contribution in [3.05, 3.63) is 59.2 Å². The molecule has 0 aliphatic heterocycles. The average molecular weight is 360 g/mol. The molecular weight excluding hydrogens is 336 g/mol. The van der Waals surface area contributed by atoms with Gasteiger partial charge in [0.25, 0.3) is 15.9 Å². The van der Waals surface area contributed by atoms with Crippen molar-refractivity contribution in [2.45, 2.75) is 32.6 Å². The van der Waals surface area contributed by atoms with E-state index in [1.54, 1.807) is 29.2 Å². The Hall–Kier alpha value is -2.34. The summed E-state index contributed by atoms with van der Waals surface area (Å²) in [6.45, 7) is 8.88. The van der Waals surface area contributed by atoms with E-state index in [0.717, 1.165) is 11.1 Å². The predicted octanol–water partition coefficient (Wildman–Crippen LogP) is 3.59. The summed E-state index contributed by atoms with van der Waals surface area (Å²) in [6.07, 6.45) is 0. The monoisotopic (exact) mass is 360 g/mol. The zero-order chi connectivity index (χ0) is 18.6. The highest BCUT2D eigenvalue weighted by Crippen LogP contribution is 2.19. The number of nitrogens with one attached hydrogen (secondary N) is 1. The fourth-order valence-electron chi connectivity index (χ4n) is 2.72. The number of carbonyl (C=O) groups is 1. The van der Waals surface area contributed by atoms with E-state index < -0.39 is 10.0 Å². The van der Waals surface area contributed by atoms with Gasteiger partial charge in [-0.05, 0) is 75.2 Å². The molecule has 6 heteroatoms. The summed E-state index contributed by atoms with van der Waals surface area (Å²) in [5.41, 5.74) is 2.98. The first-order valence-corrected chi connectivity index (χ1v) is 9.75. The molecule has 0 heterocycles. The van der Waals surface area contributed by atoms with Gasteiger partial charge < -0.3 is 4.90 Å². The van der Waals surface area contributed by atoms with Crippen LogP contribution in [0.25, 0.3) is 0 Å². The predicted molar refractivity (Wildman–Crippen MR) is 100 cm³/mol. The minimum atomic E-state index is -3.70. The maximum atomic E-state index is 12.5. The summed E-state index contributed by atoms with van der Waals surface area (Å²) in [5, 5.41) is 0. The maximum absolute atomic E-state index is 12.5. The minimum absolute atomic E-state index is 0.101. The van der Waals surface area contributed by atoms with Crippen LogP contribution in [0, 0.1) is 13.8 Å². The second kappa shape index (κ2) is 7.70. The number of carbonyl (C=O) groups excluding carboxylic acids is 1. The number of aryl methyl sites for hydroxylation is 2. The van der Waals surface area contributed by atoms with E-state index in [2.05, 4.69) is 4.72 Å². The summed E-state index contributed by atoms with van der Waals surface area (Å²) < 4.78 is 27.7. The van der Waals surface area contributed by atoms with Crippen molar-refractivity contribution in [2.24, 2.45) is 0 Å². The van der Waals surface area contributed by atoms with Gasteiger partial charge in [0.05, 0.1) is 4.90 Å². The normalized spacial score (nSPS) is 11.2. The molecule has 1 amide bonds. The van der Waals surface area contributed by atoms with Gasteiger partial charge >= 0.3 is 0 Å². The number of hydrogen-bond acceptors (Lipinski definition) is 3. The number of anilines is 1. The van der Waals surface area contributed by atoms with Gasteiger partial charge in [0, 0.05) is 24.3 Å². The van der Waals surface area contributed by atoms with E-state index in [1.807, 2.05) is 33.8 Å². The lowest BCUT2D eigenvalue weighted by Gasteiger charge is -2.18. The SMILES string of the molecule is CCN(CC)C(=O)c1ccc(S(=O)(=O)Nc2cc(C)cc(C)c2)cc1. The lowest BCUT2D eigenvalue weighted by atomic mass is 10.1. The second-order valence-electron chi connectivity index (χ2n) is 5.98. The molecule has 1 N–H and O–H groups in total. The number of amides is 1. The molecule has 2 aromatic rings. The first-order valence-electron chi connectivity index (χ1n) is 8.27. The molecule has 134 valence electrons. The van der Waals surface area contributed by atoms with E-state index in [0.29, 0.717) is 24.3 Å². The minimum Gasteiger partial charge on any atom is -0.339 e. The van der Waals surface area contributed by atoms with Crippen molar-refractivity contribution in [3.8, 4) is 0 Å². The van der Waals surface area contributed by atoms with Crippen LogP contribution in [0.3, 0.4) is 0 Å². The Balaban J connectivity index is 2.24. The molecule has 2 aromatic carbocycles. The van der Waals surface area contributed by atoms with Crippen LogP contribution >= 0.6 is 0 Å². The van der Waals surface area contributed by atoms with E-state index in [-0.39, 0.29) is 10.8 Å².